The zero-order chi connectivity index (χ0) is 15.2. The molecule has 2 rings (SSSR count). The number of rotatable bonds is 5. The maximum atomic E-state index is 11.9. The Balaban J connectivity index is 1.68. The van der Waals surface area contributed by atoms with Gasteiger partial charge in [0.25, 0.3) is 0 Å². The SMILES string of the molecule is CC(=O)N(C)C1CCN(CC(=O)NCc2cccs2)CC1. The van der Waals surface area contributed by atoms with E-state index in [1.165, 1.54) is 4.88 Å². The van der Waals surface area contributed by atoms with Crippen LogP contribution in [0.3, 0.4) is 0 Å². The molecule has 1 aromatic heterocycles. The minimum atomic E-state index is 0.0711. The van der Waals surface area contributed by atoms with E-state index in [2.05, 4.69) is 10.2 Å². The molecule has 1 saturated heterocycles. The molecule has 0 unspecified atom stereocenters. The first-order valence-corrected chi connectivity index (χ1v) is 8.19. The number of hydrogen-bond acceptors (Lipinski definition) is 4. The highest BCUT2D eigenvalue weighted by Crippen LogP contribution is 2.15. The monoisotopic (exact) mass is 309 g/mol. The summed E-state index contributed by atoms with van der Waals surface area (Å²) in [4.78, 5) is 28.4. The zero-order valence-corrected chi connectivity index (χ0v) is 13.5. The van der Waals surface area contributed by atoms with Gasteiger partial charge in [0, 0.05) is 38.0 Å². The number of nitrogens with one attached hydrogen (secondary N) is 1. The van der Waals surface area contributed by atoms with Gasteiger partial charge in [0.05, 0.1) is 13.1 Å². The molecular weight excluding hydrogens is 286 g/mol. The summed E-state index contributed by atoms with van der Waals surface area (Å²) in [6, 6.07) is 4.32. The van der Waals surface area contributed by atoms with Gasteiger partial charge in [0.2, 0.25) is 11.8 Å². The number of piperidine rings is 1. The summed E-state index contributed by atoms with van der Waals surface area (Å²) in [5.74, 6) is 0.184. The molecule has 0 atom stereocenters. The Morgan fingerprint density at radius 3 is 2.71 bits per heavy atom. The van der Waals surface area contributed by atoms with Crippen LogP contribution in [0.4, 0.5) is 0 Å². The van der Waals surface area contributed by atoms with Crippen LogP contribution >= 0.6 is 11.3 Å². The Hall–Kier alpha value is -1.40. The Morgan fingerprint density at radius 2 is 2.14 bits per heavy atom. The third kappa shape index (κ3) is 4.82. The highest BCUT2D eigenvalue weighted by Gasteiger charge is 2.24. The highest BCUT2D eigenvalue weighted by atomic mass is 32.1. The number of carbonyl (C=O) groups is 2. The Bertz CT molecular complexity index is 467. The molecular formula is C15H23N3O2S. The molecule has 0 aromatic carbocycles. The van der Waals surface area contributed by atoms with Gasteiger partial charge in [-0.25, -0.2) is 0 Å². The number of hydrogen-bond donors (Lipinski definition) is 1. The lowest BCUT2D eigenvalue weighted by atomic mass is 10.0. The Morgan fingerprint density at radius 1 is 1.43 bits per heavy atom. The molecule has 21 heavy (non-hydrogen) atoms. The van der Waals surface area contributed by atoms with Crippen LogP contribution in [-0.2, 0) is 16.1 Å². The molecule has 2 heterocycles. The quantitative estimate of drug-likeness (QED) is 0.892. The van der Waals surface area contributed by atoms with Crippen molar-refractivity contribution in [2.45, 2.75) is 32.4 Å². The van der Waals surface area contributed by atoms with Crippen LogP contribution in [0.1, 0.15) is 24.6 Å². The molecule has 0 spiro atoms. The van der Waals surface area contributed by atoms with Crippen LogP contribution in [0, 0.1) is 0 Å². The zero-order valence-electron chi connectivity index (χ0n) is 12.7. The molecule has 0 bridgehead atoms. The number of likely N-dealkylation sites (tertiary alicyclic amines) is 1. The Kier molecular flexibility index (Phi) is 5.76. The second kappa shape index (κ2) is 7.56. The van der Waals surface area contributed by atoms with Gasteiger partial charge in [-0.2, -0.15) is 0 Å². The van der Waals surface area contributed by atoms with Gasteiger partial charge in [-0.05, 0) is 24.3 Å². The van der Waals surface area contributed by atoms with Crippen molar-refractivity contribution in [2.24, 2.45) is 0 Å². The second-order valence-electron chi connectivity index (χ2n) is 5.49. The van der Waals surface area contributed by atoms with Crippen molar-refractivity contribution in [2.75, 3.05) is 26.7 Å². The summed E-state index contributed by atoms with van der Waals surface area (Å²) in [6.07, 6.45) is 1.88. The molecule has 5 nitrogen and oxygen atoms in total. The molecule has 6 heteroatoms. The fraction of sp³-hybridized carbons (Fsp3) is 0.600. The van der Waals surface area contributed by atoms with Crippen LogP contribution in [0.15, 0.2) is 17.5 Å². The molecule has 0 saturated carbocycles. The van der Waals surface area contributed by atoms with Crippen LogP contribution in [0.5, 0.6) is 0 Å². The standard InChI is InChI=1S/C15H23N3O2S/c1-12(19)17(2)13-5-7-18(8-6-13)11-15(20)16-10-14-4-3-9-21-14/h3-4,9,13H,5-8,10-11H2,1-2H3,(H,16,20). The molecule has 1 aromatic rings. The smallest absolute Gasteiger partial charge is 0.234 e. The summed E-state index contributed by atoms with van der Waals surface area (Å²) in [7, 11) is 1.86. The van der Waals surface area contributed by atoms with Crippen molar-refractivity contribution in [3.63, 3.8) is 0 Å². The fourth-order valence-corrected chi connectivity index (χ4v) is 3.22. The van der Waals surface area contributed by atoms with E-state index in [4.69, 9.17) is 0 Å². The first kappa shape index (κ1) is 16.0. The average Bonchev–Trinajstić information content (AvgIpc) is 2.98. The molecule has 1 fully saturated rings. The van der Waals surface area contributed by atoms with E-state index in [0.29, 0.717) is 19.1 Å². The van der Waals surface area contributed by atoms with Crippen LogP contribution in [0.2, 0.25) is 0 Å². The summed E-state index contributed by atoms with van der Waals surface area (Å²) < 4.78 is 0. The lowest BCUT2D eigenvalue weighted by molar-refractivity contribution is -0.131. The van der Waals surface area contributed by atoms with E-state index in [0.717, 1.165) is 25.9 Å². The maximum absolute atomic E-state index is 11.9. The number of thiophene rings is 1. The first-order chi connectivity index (χ1) is 10.1. The second-order valence-corrected chi connectivity index (χ2v) is 6.53. The Labute approximate surface area is 129 Å². The number of amides is 2. The van der Waals surface area contributed by atoms with Crippen LogP contribution in [0.25, 0.3) is 0 Å². The minimum Gasteiger partial charge on any atom is -0.350 e. The molecule has 0 aliphatic carbocycles. The van der Waals surface area contributed by atoms with Gasteiger partial charge in [0.15, 0.2) is 0 Å². The van der Waals surface area contributed by atoms with Gasteiger partial charge >= 0.3 is 0 Å². The molecule has 1 aliphatic rings. The number of carbonyl (C=O) groups excluding carboxylic acids is 2. The van der Waals surface area contributed by atoms with E-state index >= 15 is 0 Å². The average molecular weight is 309 g/mol. The summed E-state index contributed by atoms with van der Waals surface area (Å²) >= 11 is 1.65. The largest absolute Gasteiger partial charge is 0.350 e. The van der Waals surface area contributed by atoms with E-state index < -0.39 is 0 Å². The molecule has 116 valence electrons. The van der Waals surface area contributed by atoms with Crippen molar-refractivity contribution >= 4 is 23.2 Å². The van der Waals surface area contributed by atoms with Crippen molar-refractivity contribution in [1.82, 2.24) is 15.1 Å². The van der Waals surface area contributed by atoms with E-state index in [9.17, 15) is 9.59 Å². The predicted octanol–water partition coefficient (Wildman–Crippen LogP) is 1.31. The van der Waals surface area contributed by atoms with E-state index in [1.807, 2.05) is 29.5 Å². The maximum Gasteiger partial charge on any atom is 0.234 e. The van der Waals surface area contributed by atoms with Crippen molar-refractivity contribution in [3.05, 3.63) is 22.4 Å². The minimum absolute atomic E-state index is 0.0711. The van der Waals surface area contributed by atoms with Crippen LogP contribution < -0.4 is 5.32 Å². The van der Waals surface area contributed by atoms with Crippen LogP contribution in [-0.4, -0.2) is 54.3 Å². The molecule has 1 aliphatic heterocycles. The summed E-state index contributed by atoms with van der Waals surface area (Å²) in [5, 5.41) is 4.96. The highest BCUT2D eigenvalue weighted by molar-refractivity contribution is 7.09. The lowest BCUT2D eigenvalue weighted by Gasteiger charge is -2.36. The van der Waals surface area contributed by atoms with E-state index in [-0.39, 0.29) is 11.8 Å². The van der Waals surface area contributed by atoms with Gasteiger partial charge in [-0.3, -0.25) is 14.5 Å². The van der Waals surface area contributed by atoms with Gasteiger partial charge < -0.3 is 10.2 Å². The predicted molar refractivity (Wildman–Crippen MR) is 84.1 cm³/mol. The summed E-state index contributed by atoms with van der Waals surface area (Å²) in [5.41, 5.74) is 0. The van der Waals surface area contributed by atoms with Gasteiger partial charge in [0.1, 0.15) is 0 Å². The first-order valence-electron chi connectivity index (χ1n) is 7.31. The number of nitrogens with zero attached hydrogens (tertiary/aromatic N) is 2. The van der Waals surface area contributed by atoms with Gasteiger partial charge in [-0.15, -0.1) is 11.3 Å². The van der Waals surface area contributed by atoms with Crippen molar-refractivity contribution < 1.29 is 9.59 Å². The van der Waals surface area contributed by atoms with Crippen molar-refractivity contribution in [1.29, 1.82) is 0 Å². The topological polar surface area (TPSA) is 52.7 Å². The molecule has 2 amide bonds. The third-order valence-electron chi connectivity index (χ3n) is 4.01. The molecule has 0 radical (unpaired) electrons. The lowest BCUT2D eigenvalue weighted by Crippen LogP contribution is -2.47. The van der Waals surface area contributed by atoms with E-state index in [1.54, 1.807) is 18.3 Å². The summed E-state index contributed by atoms with van der Waals surface area (Å²) in [6.45, 7) is 4.40. The fourth-order valence-electron chi connectivity index (χ4n) is 2.58. The normalized spacial score (nSPS) is 16.7. The van der Waals surface area contributed by atoms with Gasteiger partial charge in [-0.1, -0.05) is 6.07 Å². The van der Waals surface area contributed by atoms with Crippen molar-refractivity contribution in [3.8, 4) is 0 Å². The third-order valence-corrected chi connectivity index (χ3v) is 4.89. The molecule has 1 N–H and O–H groups in total.